The Balaban J connectivity index is 0.00000220. The molecular weight excluding hydrogens is 375 g/mol. The van der Waals surface area contributed by atoms with Gasteiger partial charge >= 0.3 is 0 Å². The number of hydrogen-bond donors (Lipinski definition) is 2. The van der Waals surface area contributed by atoms with Crippen LogP contribution in [0.5, 0.6) is 0 Å². The summed E-state index contributed by atoms with van der Waals surface area (Å²) in [6.45, 7) is 9.35. The van der Waals surface area contributed by atoms with Gasteiger partial charge in [0.15, 0.2) is 5.96 Å². The predicted molar refractivity (Wildman–Crippen MR) is 102 cm³/mol. The minimum Gasteiger partial charge on any atom is -0.356 e. The van der Waals surface area contributed by atoms with Crippen LogP contribution in [0.1, 0.15) is 46.0 Å². The van der Waals surface area contributed by atoms with Gasteiger partial charge in [-0.05, 0) is 57.0 Å². The fraction of sp³-hybridized carbons (Fsp3) is 0.938. The van der Waals surface area contributed by atoms with Crippen molar-refractivity contribution in [1.29, 1.82) is 0 Å². The van der Waals surface area contributed by atoms with Crippen LogP contribution >= 0.6 is 24.0 Å². The van der Waals surface area contributed by atoms with Gasteiger partial charge in [0.1, 0.15) is 0 Å². The molecule has 124 valence electrons. The molecule has 1 saturated carbocycles. The van der Waals surface area contributed by atoms with Gasteiger partial charge in [-0.2, -0.15) is 0 Å². The lowest BCUT2D eigenvalue weighted by molar-refractivity contribution is 0.327. The number of aliphatic imine (C=N–C) groups is 1. The van der Waals surface area contributed by atoms with E-state index in [1.165, 1.54) is 51.7 Å². The van der Waals surface area contributed by atoms with E-state index < -0.39 is 0 Å². The van der Waals surface area contributed by atoms with Crippen LogP contribution in [0.4, 0.5) is 0 Å². The van der Waals surface area contributed by atoms with Crippen molar-refractivity contribution in [2.45, 2.75) is 52.0 Å². The molecule has 2 aliphatic rings. The number of nitrogens with zero attached hydrogens (tertiary/aromatic N) is 2. The van der Waals surface area contributed by atoms with Crippen LogP contribution in [-0.2, 0) is 0 Å². The average molecular weight is 408 g/mol. The Morgan fingerprint density at radius 2 is 1.90 bits per heavy atom. The van der Waals surface area contributed by atoms with Crippen LogP contribution < -0.4 is 10.6 Å². The highest BCUT2D eigenvalue weighted by atomic mass is 127. The van der Waals surface area contributed by atoms with Crippen LogP contribution in [0.25, 0.3) is 0 Å². The molecular formula is C16H33IN4. The van der Waals surface area contributed by atoms with Gasteiger partial charge in [0.2, 0.25) is 0 Å². The quantitative estimate of drug-likeness (QED) is 0.427. The van der Waals surface area contributed by atoms with Crippen molar-refractivity contribution in [2.75, 3.05) is 33.2 Å². The van der Waals surface area contributed by atoms with E-state index in [9.17, 15) is 0 Å². The number of nitrogens with one attached hydrogen (secondary N) is 2. The van der Waals surface area contributed by atoms with Gasteiger partial charge in [0.05, 0.1) is 0 Å². The SMILES string of the molecule is CCN1CCC(CNC(=NC)NC2CCC(C)CC2)C1.I. The molecule has 0 radical (unpaired) electrons. The van der Waals surface area contributed by atoms with Crippen molar-refractivity contribution in [3.63, 3.8) is 0 Å². The van der Waals surface area contributed by atoms with Crippen LogP contribution in [0.2, 0.25) is 0 Å². The molecule has 0 bridgehead atoms. The fourth-order valence-electron chi connectivity index (χ4n) is 3.40. The molecule has 1 aliphatic carbocycles. The normalized spacial score (nSPS) is 30.8. The van der Waals surface area contributed by atoms with Crippen molar-refractivity contribution in [3.05, 3.63) is 0 Å². The summed E-state index contributed by atoms with van der Waals surface area (Å²) in [5.41, 5.74) is 0. The molecule has 2 rings (SSSR count). The zero-order chi connectivity index (χ0) is 14.4. The van der Waals surface area contributed by atoms with Gasteiger partial charge in [-0.15, -0.1) is 24.0 Å². The standard InChI is InChI=1S/C16H32N4.HI/c1-4-20-10-9-14(12-20)11-18-16(17-3)19-15-7-5-13(2)6-8-15;/h13-15H,4-12H2,1-3H3,(H2,17,18,19);1H. The molecule has 4 nitrogen and oxygen atoms in total. The molecule has 21 heavy (non-hydrogen) atoms. The van der Waals surface area contributed by atoms with Gasteiger partial charge in [-0.1, -0.05) is 13.8 Å². The average Bonchev–Trinajstić information content (AvgIpc) is 2.93. The maximum absolute atomic E-state index is 4.38. The van der Waals surface area contributed by atoms with Crippen LogP contribution in [0.3, 0.4) is 0 Å². The molecule has 1 saturated heterocycles. The zero-order valence-corrected chi connectivity index (χ0v) is 16.2. The zero-order valence-electron chi connectivity index (χ0n) is 13.9. The van der Waals surface area contributed by atoms with E-state index in [2.05, 4.69) is 34.4 Å². The lowest BCUT2D eigenvalue weighted by Crippen LogP contribution is -2.46. The van der Waals surface area contributed by atoms with E-state index in [0.29, 0.717) is 6.04 Å². The highest BCUT2D eigenvalue weighted by molar-refractivity contribution is 14.0. The molecule has 1 heterocycles. The molecule has 0 amide bonds. The second kappa shape index (κ2) is 9.87. The summed E-state index contributed by atoms with van der Waals surface area (Å²) in [7, 11) is 1.88. The first-order valence-corrected chi connectivity index (χ1v) is 8.40. The molecule has 0 spiro atoms. The fourth-order valence-corrected chi connectivity index (χ4v) is 3.40. The van der Waals surface area contributed by atoms with Gasteiger partial charge in [-0.25, -0.2) is 0 Å². The minimum absolute atomic E-state index is 0. The maximum atomic E-state index is 4.38. The van der Waals surface area contributed by atoms with Crippen molar-refractivity contribution < 1.29 is 0 Å². The molecule has 5 heteroatoms. The van der Waals surface area contributed by atoms with Crippen LogP contribution in [0, 0.1) is 11.8 Å². The number of hydrogen-bond acceptors (Lipinski definition) is 2. The summed E-state index contributed by atoms with van der Waals surface area (Å²) in [4.78, 5) is 6.91. The molecule has 1 atom stereocenters. The molecule has 2 fully saturated rings. The molecule has 1 aliphatic heterocycles. The third-order valence-electron chi connectivity index (χ3n) is 4.96. The Morgan fingerprint density at radius 1 is 1.19 bits per heavy atom. The third-order valence-corrected chi connectivity index (χ3v) is 4.96. The topological polar surface area (TPSA) is 39.7 Å². The third kappa shape index (κ3) is 6.30. The Bertz CT molecular complexity index is 313. The first-order chi connectivity index (χ1) is 9.71. The van der Waals surface area contributed by atoms with Crippen LogP contribution in [0.15, 0.2) is 4.99 Å². The number of rotatable bonds is 4. The van der Waals surface area contributed by atoms with Crippen molar-refractivity contribution in [3.8, 4) is 0 Å². The summed E-state index contributed by atoms with van der Waals surface area (Å²) in [6, 6.07) is 0.619. The summed E-state index contributed by atoms with van der Waals surface area (Å²) >= 11 is 0. The van der Waals surface area contributed by atoms with E-state index in [0.717, 1.165) is 24.3 Å². The lowest BCUT2D eigenvalue weighted by atomic mass is 9.87. The Hall–Kier alpha value is -0.0400. The first-order valence-electron chi connectivity index (χ1n) is 8.40. The highest BCUT2D eigenvalue weighted by Gasteiger charge is 2.22. The summed E-state index contributed by atoms with van der Waals surface area (Å²) in [6.07, 6.45) is 6.59. The van der Waals surface area contributed by atoms with E-state index in [1.807, 2.05) is 7.05 Å². The molecule has 0 aromatic carbocycles. The van der Waals surface area contributed by atoms with Gasteiger partial charge in [-0.3, -0.25) is 4.99 Å². The summed E-state index contributed by atoms with van der Waals surface area (Å²) in [5, 5.41) is 7.13. The van der Waals surface area contributed by atoms with Gasteiger partial charge in [0, 0.05) is 26.2 Å². The molecule has 0 aromatic heterocycles. The maximum Gasteiger partial charge on any atom is 0.191 e. The van der Waals surface area contributed by atoms with E-state index in [-0.39, 0.29) is 24.0 Å². The monoisotopic (exact) mass is 408 g/mol. The summed E-state index contributed by atoms with van der Waals surface area (Å²) in [5.74, 6) is 2.68. The van der Waals surface area contributed by atoms with E-state index >= 15 is 0 Å². The second-order valence-electron chi connectivity index (χ2n) is 6.60. The highest BCUT2D eigenvalue weighted by Crippen LogP contribution is 2.23. The number of likely N-dealkylation sites (tertiary alicyclic amines) is 1. The smallest absolute Gasteiger partial charge is 0.191 e. The number of halogens is 1. The first kappa shape index (κ1) is 19.0. The Morgan fingerprint density at radius 3 is 2.48 bits per heavy atom. The second-order valence-corrected chi connectivity index (χ2v) is 6.60. The lowest BCUT2D eigenvalue weighted by Gasteiger charge is -2.28. The summed E-state index contributed by atoms with van der Waals surface area (Å²) < 4.78 is 0. The Kier molecular flexibility index (Phi) is 8.94. The molecule has 2 N–H and O–H groups in total. The van der Waals surface area contributed by atoms with Crippen LogP contribution in [-0.4, -0.2) is 50.1 Å². The Labute approximate surface area is 147 Å². The largest absolute Gasteiger partial charge is 0.356 e. The van der Waals surface area contributed by atoms with Gasteiger partial charge < -0.3 is 15.5 Å². The van der Waals surface area contributed by atoms with E-state index in [1.54, 1.807) is 0 Å². The molecule has 0 aromatic rings. The molecule has 1 unspecified atom stereocenters. The van der Waals surface area contributed by atoms with Crippen molar-refractivity contribution in [1.82, 2.24) is 15.5 Å². The van der Waals surface area contributed by atoms with Gasteiger partial charge in [0.25, 0.3) is 0 Å². The predicted octanol–water partition coefficient (Wildman–Crippen LogP) is 2.69. The minimum atomic E-state index is 0. The van der Waals surface area contributed by atoms with Crippen molar-refractivity contribution in [2.24, 2.45) is 16.8 Å². The number of guanidine groups is 1. The van der Waals surface area contributed by atoms with Crippen molar-refractivity contribution >= 4 is 29.9 Å². The van der Waals surface area contributed by atoms with E-state index in [4.69, 9.17) is 0 Å².